The van der Waals surface area contributed by atoms with E-state index in [1.54, 1.807) is 16.7 Å². The number of thiophene rings is 1. The topological polar surface area (TPSA) is 0 Å². The van der Waals surface area contributed by atoms with Gasteiger partial charge in [0.25, 0.3) is 0 Å². The lowest BCUT2D eigenvalue weighted by atomic mass is 9.80. The molecule has 0 radical (unpaired) electrons. The van der Waals surface area contributed by atoms with Crippen molar-refractivity contribution in [3.8, 4) is 0 Å². The summed E-state index contributed by atoms with van der Waals surface area (Å²) < 4.78 is 1.43. The number of hydrogen-bond donors (Lipinski definition) is 0. The second kappa shape index (κ2) is 5.44. The SMILES string of the molecule is CC1=C(C(C)C2C=Cc3ccccc32)c2cc3sccc3c(C)c2C1. The van der Waals surface area contributed by atoms with E-state index in [1.807, 2.05) is 11.3 Å². The average molecular weight is 343 g/mol. The predicted octanol–water partition coefficient (Wildman–Crippen LogP) is 6.99. The third-order valence-electron chi connectivity index (χ3n) is 6.18. The summed E-state index contributed by atoms with van der Waals surface area (Å²) in [6, 6.07) is 13.6. The van der Waals surface area contributed by atoms with Gasteiger partial charge < -0.3 is 0 Å². The summed E-state index contributed by atoms with van der Waals surface area (Å²) >= 11 is 1.87. The van der Waals surface area contributed by atoms with Crippen molar-refractivity contribution in [3.63, 3.8) is 0 Å². The van der Waals surface area contributed by atoms with Gasteiger partial charge in [-0.05, 0) is 82.5 Å². The van der Waals surface area contributed by atoms with Crippen LogP contribution in [0.1, 0.15) is 47.6 Å². The second-order valence-electron chi connectivity index (χ2n) is 7.53. The van der Waals surface area contributed by atoms with Crippen LogP contribution in [0.5, 0.6) is 0 Å². The number of hydrogen-bond acceptors (Lipinski definition) is 1. The Morgan fingerprint density at radius 2 is 1.96 bits per heavy atom. The molecule has 2 atom stereocenters. The Labute approximate surface area is 153 Å². The zero-order chi connectivity index (χ0) is 17.1. The molecular weight excluding hydrogens is 320 g/mol. The van der Waals surface area contributed by atoms with E-state index in [4.69, 9.17) is 0 Å². The van der Waals surface area contributed by atoms with Gasteiger partial charge >= 0.3 is 0 Å². The van der Waals surface area contributed by atoms with Gasteiger partial charge in [-0.15, -0.1) is 11.3 Å². The molecule has 2 unspecified atom stereocenters. The molecule has 0 fully saturated rings. The number of benzene rings is 2. The fourth-order valence-electron chi connectivity index (χ4n) is 4.91. The molecular formula is C24H22S. The van der Waals surface area contributed by atoms with E-state index in [0.717, 1.165) is 6.42 Å². The van der Waals surface area contributed by atoms with Crippen LogP contribution in [-0.2, 0) is 6.42 Å². The molecule has 0 aliphatic heterocycles. The van der Waals surface area contributed by atoms with Crippen LogP contribution in [0, 0.1) is 12.8 Å². The summed E-state index contributed by atoms with van der Waals surface area (Å²) in [4.78, 5) is 0. The lowest BCUT2D eigenvalue weighted by Gasteiger charge is -2.23. The van der Waals surface area contributed by atoms with E-state index in [-0.39, 0.29) is 0 Å². The number of fused-ring (bicyclic) bond motifs is 3. The normalized spacial score (nSPS) is 19.6. The van der Waals surface area contributed by atoms with Crippen molar-refractivity contribution >= 4 is 33.1 Å². The predicted molar refractivity (Wildman–Crippen MR) is 110 cm³/mol. The first-order chi connectivity index (χ1) is 12.1. The maximum atomic E-state index is 2.45. The molecule has 1 aromatic heterocycles. The largest absolute Gasteiger partial charge is 0.144 e. The molecule has 0 saturated carbocycles. The second-order valence-corrected chi connectivity index (χ2v) is 8.48. The molecule has 124 valence electrons. The molecule has 0 bridgehead atoms. The number of aryl methyl sites for hydroxylation is 1. The van der Waals surface area contributed by atoms with E-state index < -0.39 is 0 Å². The quantitative estimate of drug-likeness (QED) is 0.471. The van der Waals surface area contributed by atoms with Crippen LogP contribution in [0.15, 0.2) is 53.4 Å². The summed E-state index contributed by atoms with van der Waals surface area (Å²) in [5.41, 5.74) is 10.6. The Morgan fingerprint density at radius 1 is 1.12 bits per heavy atom. The van der Waals surface area contributed by atoms with Gasteiger partial charge in [-0.25, -0.2) is 0 Å². The molecule has 2 aliphatic rings. The highest BCUT2D eigenvalue weighted by atomic mass is 32.1. The Kier molecular flexibility index (Phi) is 3.30. The summed E-state index contributed by atoms with van der Waals surface area (Å²) in [6.07, 6.45) is 5.82. The molecule has 0 amide bonds. The van der Waals surface area contributed by atoms with Crippen molar-refractivity contribution in [3.05, 3.63) is 81.2 Å². The van der Waals surface area contributed by atoms with Gasteiger partial charge in [0.05, 0.1) is 0 Å². The fourth-order valence-corrected chi connectivity index (χ4v) is 5.80. The van der Waals surface area contributed by atoms with Crippen LogP contribution < -0.4 is 0 Å². The van der Waals surface area contributed by atoms with Crippen LogP contribution in [-0.4, -0.2) is 0 Å². The van der Waals surface area contributed by atoms with Gasteiger partial charge in [-0.3, -0.25) is 0 Å². The smallest absolute Gasteiger partial charge is 0.0351 e. The standard InChI is InChI=1S/C24H22S/c1-14-12-21-15(2)19-10-11-25-23(19)13-22(21)24(14)16(3)18-9-8-17-6-4-5-7-20(17)18/h4-11,13,16,18H,12H2,1-3H3. The lowest BCUT2D eigenvalue weighted by molar-refractivity contribution is 0.666. The third kappa shape index (κ3) is 2.12. The average Bonchev–Trinajstić information content (AvgIpc) is 3.31. The van der Waals surface area contributed by atoms with Crippen LogP contribution in [0.2, 0.25) is 0 Å². The highest BCUT2D eigenvalue weighted by Crippen LogP contribution is 2.48. The zero-order valence-electron chi connectivity index (χ0n) is 15.0. The Morgan fingerprint density at radius 3 is 2.84 bits per heavy atom. The first-order valence-electron chi connectivity index (χ1n) is 9.12. The Balaban J connectivity index is 1.63. The van der Waals surface area contributed by atoms with Crippen molar-refractivity contribution in [2.45, 2.75) is 33.1 Å². The minimum absolute atomic E-state index is 0.492. The van der Waals surface area contributed by atoms with E-state index in [2.05, 4.69) is 74.7 Å². The van der Waals surface area contributed by atoms with Crippen LogP contribution in [0.25, 0.3) is 21.7 Å². The minimum Gasteiger partial charge on any atom is -0.144 e. The maximum Gasteiger partial charge on any atom is 0.0351 e. The molecule has 3 aromatic rings. The molecule has 2 aromatic carbocycles. The molecule has 1 heterocycles. The summed E-state index contributed by atoms with van der Waals surface area (Å²) in [7, 11) is 0. The summed E-state index contributed by atoms with van der Waals surface area (Å²) in [5.74, 6) is 1.00. The zero-order valence-corrected chi connectivity index (χ0v) is 15.8. The van der Waals surface area contributed by atoms with Gasteiger partial charge in [-0.2, -0.15) is 0 Å². The summed E-state index contributed by atoms with van der Waals surface area (Å²) in [6.45, 7) is 7.06. The molecule has 1 heteroatoms. The van der Waals surface area contributed by atoms with Crippen molar-refractivity contribution in [2.75, 3.05) is 0 Å². The molecule has 0 spiro atoms. The van der Waals surface area contributed by atoms with Gasteiger partial charge in [0.1, 0.15) is 0 Å². The van der Waals surface area contributed by atoms with Crippen LogP contribution in [0.3, 0.4) is 0 Å². The highest BCUT2D eigenvalue weighted by molar-refractivity contribution is 7.17. The first kappa shape index (κ1) is 15.2. The highest BCUT2D eigenvalue weighted by Gasteiger charge is 2.31. The molecule has 0 N–H and O–H groups in total. The molecule has 2 aliphatic carbocycles. The molecule has 5 rings (SSSR count). The molecule has 0 saturated heterocycles. The summed E-state index contributed by atoms with van der Waals surface area (Å²) in [5, 5.41) is 3.67. The van der Waals surface area contributed by atoms with E-state index in [0.29, 0.717) is 11.8 Å². The first-order valence-corrected chi connectivity index (χ1v) is 10.00. The Hall–Kier alpha value is -2.12. The van der Waals surface area contributed by atoms with Crippen molar-refractivity contribution in [1.29, 1.82) is 0 Å². The van der Waals surface area contributed by atoms with E-state index in [9.17, 15) is 0 Å². The van der Waals surface area contributed by atoms with Crippen molar-refractivity contribution in [2.24, 2.45) is 5.92 Å². The van der Waals surface area contributed by atoms with E-state index in [1.165, 1.54) is 32.3 Å². The van der Waals surface area contributed by atoms with Crippen molar-refractivity contribution < 1.29 is 0 Å². The Bertz CT molecular complexity index is 1060. The van der Waals surface area contributed by atoms with Gasteiger partial charge in [-0.1, -0.05) is 48.9 Å². The lowest BCUT2D eigenvalue weighted by Crippen LogP contribution is -2.09. The minimum atomic E-state index is 0.492. The van der Waals surface area contributed by atoms with Crippen molar-refractivity contribution in [1.82, 2.24) is 0 Å². The van der Waals surface area contributed by atoms with Crippen LogP contribution >= 0.6 is 11.3 Å². The van der Waals surface area contributed by atoms with Gasteiger partial charge in [0.2, 0.25) is 0 Å². The van der Waals surface area contributed by atoms with Crippen LogP contribution in [0.4, 0.5) is 0 Å². The maximum absolute atomic E-state index is 2.45. The number of allylic oxidation sites excluding steroid dienone is 3. The molecule has 0 nitrogen and oxygen atoms in total. The third-order valence-corrected chi connectivity index (χ3v) is 7.04. The molecule has 25 heavy (non-hydrogen) atoms. The fraction of sp³-hybridized carbons (Fsp3) is 0.250. The van der Waals surface area contributed by atoms with Gasteiger partial charge in [0.15, 0.2) is 0 Å². The van der Waals surface area contributed by atoms with Gasteiger partial charge in [0, 0.05) is 10.6 Å². The monoisotopic (exact) mass is 342 g/mol. The van der Waals surface area contributed by atoms with E-state index >= 15 is 0 Å². The number of rotatable bonds is 2.